The van der Waals surface area contributed by atoms with Gasteiger partial charge in [0.05, 0.1) is 5.02 Å². The number of nitrogens with two attached hydrogens (primary N) is 1. The number of anilines is 1. The van der Waals surface area contributed by atoms with Crippen molar-refractivity contribution < 1.29 is 12.8 Å². The molecule has 0 amide bonds. The minimum Gasteiger partial charge on any atom is -0.399 e. The van der Waals surface area contributed by atoms with Crippen LogP contribution in [-0.4, -0.2) is 14.5 Å². The van der Waals surface area contributed by atoms with E-state index in [-0.39, 0.29) is 16.8 Å². The summed E-state index contributed by atoms with van der Waals surface area (Å²) in [6, 6.07) is 2.14. The summed E-state index contributed by atoms with van der Waals surface area (Å²) in [5, 5.41) is -0.286. The molecule has 20 heavy (non-hydrogen) atoms. The van der Waals surface area contributed by atoms with Crippen LogP contribution in [0.1, 0.15) is 38.5 Å². The fourth-order valence-corrected chi connectivity index (χ4v) is 4.18. The van der Waals surface area contributed by atoms with Crippen molar-refractivity contribution in [2.45, 2.75) is 49.5 Å². The van der Waals surface area contributed by atoms with Gasteiger partial charge in [-0.25, -0.2) is 17.5 Å². The molecule has 0 spiro atoms. The molecule has 0 atom stereocenters. The number of benzene rings is 1. The van der Waals surface area contributed by atoms with Crippen LogP contribution in [0.2, 0.25) is 5.02 Å². The van der Waals surface area contributed by atoms with Gasteiger partial charge in [-0.15, -0.1) is 0 Å². The maximum Gasteiger partial charge on any atom is 0.243 e. The molecule has 7 heteroatoms. The second-order valence-electron chi connectivity index (χ2n) is 5.12. The Balaban J connectivity index is 2.26. The van der Waals surface area contributed by atoms with Crippen LogP contribution in [0.15, 0.2) is 17.0 Å². The summed E-state index contributed by atoms with van der Waals surface area (Å²) in [7, 11) is -3.94. The molecule has 112 valence electrons. The molecule has 1 fully saturated rings. The minimum atomic E-state index is -3.94. The van der Waals surface area contributed by atoms with Crippen molar-refractivity contribution in [1.29, 1.82) is 0 Å². The maximum absolute atomic E-state index is 13.9. The quantitative estimate of drug-likeness (QED) is 0.664. The fourth-order valence-electron chi connectivity index (χ4n) is 2.46. The first-order chi connectivity index (χ1) is 9.40. The van der Waals surface area contributed by atoms with Gasteiger partial charge in [-0.3, -0.25) is 0 Å². The van der Waals surface area contributed by atoms with Crippen LogP contribution >= 0.6 is 11.6 Å². The molecule has 2 rings (SSSR count). The summed E-state index contributed by atoms with van der Waals surface area (Å²) in [6.07, 6.45) is 5.72. The van der Waals surface area contributed by atoms with Crippen LogP contribution in [0, 0.1) is 5.82 Å². The lowest BCUT2D eigenvalue weighted by atomic mass is 10.1. The van der Waals surface area contributed by atoms with Crippen LogP contribution in [0.3, 0.4) is 0 Å². The Hall–Kier alpha value is -0.850. The number of nitrogens with one attached hydrogen (secondary N) is 1. The highest BCUT2D eigenvalue weighted by molar-refractivity contribution is 7.89. The predicted molar refractivity (Wildman–Crippen MR) is 77.6 cm³/mol. The van der Waals surface area contributed by atoms with Crippen LogP contribution < -0.4 is 10.5 Å². The highest BCUT2D eigenvalue weighted by Gasteiger charge is 2.25. The van der Waals surface area contributed by atoms with E-state index in [2.05, 4.69) is 4.72 Å². The normalized spacial score (nSPS) is 17.9. The summed E-state index contributed by atoms with van der Waals surface area (Å²) < 4.78 is 41.0. The summed E-state index contributed by atoms with van der Waals surface area (Å²) in [5.41, 5.74) is 5.66. The summed E-state index contributed by atoms with van der Waals surface area (Å²) in [4.78, 5) is -0.480. The summed E-state index contributed by atoms with van der Waals surface area (Å²) in [5.74, 6) is -0.956. The Morgan fingerprint density at radius 3 is 2.40 bits per heavy atom. The molecule has 4 nitrogen and oxygen atoms in total. The van der Waals surface area contributed by atoms with Crippen LogP contribution in [0.5, 0.6) is 0 Å². The number of halogens is 2. The third-order valence-electron chi connectivity index (χ3n) is 3.48. The molecule has 1 aromatic carbocycles. The first kappa shape index (κ1) is 15.5. The van der Waals surface area contributed by atoms with E-state index >= 15 is 0 Å². The monoisotopic (exact) mass is 320 g/mol. The molecular formula is C13H18ClFN2O2S. The average molecular weight is 321 g/mol. The van der Waals surface area contributed by atoms with Gasteiger partial charge in [0.2, 0.25) is 10.0 Å². The highest BCUT2D eigenvalue weighted by Crippen LogP contribution is 2.27. The van der Waals surface area contributed by atoms with E-state index in [0.717, 1.165) is 44.6 Å². The number of nitrogen functional groups attached to an aromatic ring is 1. The molecule has 0 radical (unpaired) electrons. The van der Waals surface area contributed by atoms with Crippen molar-refractivity contribution in [2.75, 3.05) is 5.73 Å². The Kier molecular flexibility index (Phi) is 4.88. The molecule has 0 bridgehead atoms. The van der Waals surface area contributed by atoms with Crippen molar-refractivity contribution in [1.82, 2.24) is 4.72 Å². The lowest BCUT2D eigenvalue weighted by Crippen LogP contribution is -2.35. The zero-order valence-electron chi connectivity index (χ0n) is 11.0. The van der Waals surface area contributed by atoms with Crippen molar-refractivity contribution in [3.05, 3.63) is 23.0 Å². The smallest absolute Gasteiger partial charge is 0.243 e. The highest BCUT2D eigenvalue weighted by atomic mass is 35.5. The van der Waals surface area contributed by atoms with Gasteiger partial charge in [0.25, 0.3) is 0 Å². The van der Waals surface area contributed by atoms with E-state index in [0.29, 0.717) is 0 Å². The summed E-state index contributed by atoms with van der Waals surface area (Å²) >= 11 is 5.65. The van der Waals surface area contributed by atoms with Crippen molar-refractivity contribution >= 4 is 27.3 Å². The number of rotatable bonds is 3. The lowest BCUT2D eigenvalue weighted by Gasteiger charge is -2.17. The van der Waals surface area contributed by atoms with Gasteiger partial charge in [0.15, 0.2) is 5.82 Å². The first-order valence-electron chi connectivity index (χ1n) is 6.67. The van der Waals surface area contributed by atoms with Gasteiger partial charge in [-0.1, -0.05) is 37.3 Å². The zero-order chi connectivity index (χ0) is 14.8. The van der Waals surface area contributed by atoms with Gasteiger partial charge in [-0.2, -0.15) is 0 Å². The number of hydrogen-bond acceptors (Lipinski definition) is 3. The van der Waals surface area contributed by atoms with Gasteiger partial charge in [0, 0.05) is 11.7 Å². The van der Waals surface area contributed by atoms with Crippen LogP contribution in [-0.2, 0) is 10.0 Å². The molecule has 1 aliphatic rings. The van der Waals surface area contributed by atoms with E-state index in [4.69, 9.17) is 17.3 Å². The van der Waals surface area contributed by atoms with Crippen LogP contribution in [0.25, 0.3) is 0 Å². The predicted octanol–water partition coefficient (Wildman–Crippen LogP) is 3.06. The standard InChI is InChI=1S/C13H18ClFN2O2S/c14-11-7-9(16)8-12(13(11)15)20(18,19)17-10-5-3-1-2-4-6-10/h7-8,10,17H,1-6,16H2. The number of hydrogen-bond donors (Lipinski definition) is 2. The van der Waals surface area contributed by atoms with E-state index in [1.807, 2.05) is 0 Å². The third kappa shape index (κ3) is 3.62. The molecule has 0 aliphatic heterocycles. The van der Waals surface area contributed by atoms with Crippen molar-refractivity contribution in [3.8, 4) is 0 Å². The van der Waals surface area contributed by atoms with Gasteiger partial charge < -0.3 is 5.73 Å². The van der Waals surface area contributed by atoms with Gasteiger partial charge >= 0.3 is 0 Å². The molecule has 1 aliphatic carbocycles. The second kappa shape index (κ2) is 6.28. The minimum absolute atomic E-state index is 0.123. The Labute approximate surface area is 123 Å². The molecular weight excluding hydrogens is 303 g/mol. The van der Waals surface area contributed by atoms with E-state index < -0.39 is 20.7 Å². The topological polar surface area (TPSA) is 72.2 Å². The first-order valence-corrected chi connectivity index (χ1v) is 8.53. The van der Waals surface area contributed by atoms with Gasteiger partial charge in [0.1, 0.15) is 4.90 Å². The third-order valence-corrected chi connectivity index (χ3v) is 5.28. The molecule has 0 unspecified atom stereocenters. The Morgan fingerprint density at radius 1 is 1.20 bits per heavy atom. The molecule has 0 saturated heterocycles. The second-order valence-corrected chi connectivity index (χ2v) is 7.21. The maximum atomic E-state index is 13.9. The van der Waals surface area contributed by atoms with Crippen molar-refractivity contribution in [2.24, 2.45) is 0 Å². The Morgan fingerprint density at radius 2 is 1.80 bits per heavy atom. The largest absolute Gasteiger partial charge is 0.399 e. The van der Waals surface area contributed by atoms with E-state index in [1.165, 1.54) is 6.07 Å². The SMILES string of the molecule is Nc1cc(Cl)c(F)c(S(=O)(=O)NC2CCCCCC2)c1. The Bertz CT molecular complexity index is 584. The molecule has 1 aromatic rings. The zero-order valence-corrected chi connectivity index (χ0v) is 12.6. The van der Waals surface area contributed by atoms with Gasteiger partial charge in [-0.05, 0) is 25.0 Å². The van der Waals surface area contributed by atoms with Crippen molar-refractivity contribution in [3.63, 3.8) is 0 Å². The average Bonchev–Trinajstić information content (AvgIpc) is 2.61. The fraction of sp³-hybridized carbons (Fsp3) is 0.538. The summed E-state index contributed by atoms with van der Waals surface area (Å²) in [6.45, 7) is 0. The van der Waals surface area contributed by atoms with E-state index in [1.54, 1.807) is 0 Å². The van der Waals surface area contributed by atoms with E-state index in [9.17, 15) is 12.8 Å². The molecule has 0 aromatic heterocycles. The number of sulfonamides is 1. The van der Waals surface area contributed by atoms with Crippen LogP contribution in [0.4, 0.5) is 10.1 Å². The molecule has 3 N–H and O–H groups in total. The lowest BCUT2D eigenvalue weighted by molar-refractivity contribution is 0.503. The molecule has 1 saturated carbocycles. The molecule has 0 heterocycles.